The molecule has 0 radical (unpaired) electrons. The van der Waals surface area contributed by atoms with Crippen molar-refractivity contribution in [2.45, 2.75) is 39.3 Å². The number of likely N-dealkylation sites (tertiary alicyclic amines) is 1. The molecule has 0 bridgehead atoms. The Labute approximate surface area is 139 Å². The zero-order valence-electron chi connectivity index (χ0n) is 14.3. The Bertz CT molecular complexity index is 641. The van der Waals surface area contributed by atoms with Crippen molar-refractivity contribution in [1.29, 1.82) is 0 Å². The van der Waals surface area contributed by atoms with Gasteiger partial charge in [-0.2, -0.15) is 0 Å². The molecule has 0 aromatic heterocycles. The van der Waals surface area contributed by atoms with E-state index in [1.165, 1.54) is 35.7 Å². The Morgan fingerprint density at radius 2 is 2.04 bits per heavy atom. The fraction of sp³-hybridized carbons (Fsp3) is 0.500. The van der Waals surface area contributed by atoms with Crippen LogP contribution in [0.4, 0.5) is 0 Å². The molecular formula is C20H28N2O. The third-order valence-corrected chi connectivity index (χ3v) is 4.88. The highest BCUT2D eigenvalue weighted by atomic mass is 16.5. The van der Waals surface area contributed by atoms with E-state index in [4.69, 9.17) is 4.74 Å². The maximum atomic E-state index is 5.86. The predicted octanol–water partition coefficient (Wildman–Crippen LogP) is 3.81. The number of likely N-dealkylation sites (N-methyl/N-ethyl adjacent to an activating group) is 1. The summed E-state index contributed by atoms with van der Waals surface area (Å²) in [5.41, 5.74) is 1.28. The first-order valence-electron chi connectivity index (χ1n) is 8.91. The average molecular weight is 312 g/mol. The van der Waals surface area contributed by atoms with Crippen LogP contribution in [-0.2, 0) is 6.54 Å². The van der Waals surface area contributed by atoms with Gasteiger partial charge in [-0.1, -0.05) is 37.3 Å². The maximum Gasteiger partial charge on any atom is 0.124 e. The van der Waals surface area contributed by atoms with Crippen LogP contribution in [0.15, 0.2) is 36.4 Å². The van der Waals surface area contributed by atoms with Crippen molar-refractivity contribution in [2.75, 3.05) is 26.2 Å². The van der Waals surface area contributed by atoms with Crippen LogP contribution in [0, 0.1) is 0 Å². The molecule has 1 aliphatic rings. The Morgan fingerprint density at radius 3 is 2.87 bits per heavy atom. The first kappa shape index (κ1) is 16.3. The van der Waals surface area contributed by atoms with Crippen LogP contribution in [0.3, 0.4) is 0 Å². The summed E-state index contributed by atoms with van der Waals surface area (Å²) in [4.78, 5) is 2.58. The molecule has 3 heteroatoms. The van der Waals surface area contributed by atoms with Crippen molar-refractivity contribution < 1.29 is 4.74 Å². The number of rotatable bonds is 7. The monoisotopic (exact) mass is 312 g/mol. The molecule has 1 aliphatic heterocycles. The molecule has 0 saturated carbocycles. The highest BCUT2D eigenvalue weighted by Crippen LogP contribution is 2.28. The summed E-state index contributed by atoms with van der Waals surface area (Å²) in [6.45, 7) is 9.34. The molecule has 1 atom stereocenters. The van der Waals surface area contributed by atoms with Gasteiger partial charge in [-0.3, -0.25) is 4.90 Å². The van der Waals surface area contributed by atoms with Crippen LogP contribution >= 0.6 is 0 Å². The molecule has 0 amide bonds. The lowest BCUT2D eigenvalue weighted by Gasteiger charge is -2.23. The topological polar surface area (TPSA) is 24.5 Å². The molecule has 1 N–H and O–H groups in total. The lowest BCUT2D eigenvalue weighted by atomic mass is 10.0. The summed E-state index contributed by atoms with van der Waals surface area (Å²) < 4.78 is 5.86. The van der Waals surface area contributed by atoms with Crippen molar-refractivity contribution in [1.82, 2.24) is 10.2 Å². The second-order valence-electron chi connectivity index (χ2n) is 6.25. The summed E-state index contributed by atoms with van der Waals surface area (Å²) in [5.74, 6) is 1.01. The van der Waals surface area contributed by atoms with Crippen LogP contribution in [0.1, 0.15) is 32.3 Å². The Hall–Kier alpha value is -1.58. The van der Waals surface area contributed by atoms with Gasteiger partial charge in [0.15, 0.2) is 0 Å². The summed E-state index contributed by atoms with van der Waals surface area (Å²) in [6, 6.07) is 13.5. The van der Waals surface area contributed by atoms with Gasteiger partial charge in [0.25, 0.3) is 0 Å². The second kappa shape index (κ2) is 7.80. The summed E-state index contributed by atoms with van der Waals surface area (Å²) in [6.07, 6.45) is 2.65. The van der Waals surface area contributed by atoms with Gasteiger partial charge in [-0.25, -0.2) is 0 Å². The van der Waals surface area contributed by atoms with Crippen LogP contribution in [0.25, 0.3) is 10.8 Å². The first-order chi connectivity index (χ1) is 11.3. The van der Waals surface area contributed by atoms with Crippen LogP contribution < -0.4 is 10.1 Å². The van der Waals surface area contributed by atoms with E-state index >= 15 is 0 Å². The van der Waals surface area contributed by atoms with Crippen LogP contribution in [-0.4, -0.2) is 37.2 Å². The Balaban J connectivity index is 1.74. The minimum absolute atomic E-state index is 0.686. The molecule has 1 fully saturated rings. The Morgan fingerprint density at radius 1 is 1.17 bits per heavy atom. The molecule has 1 saturated heterocycles. The van der Waals surface area contributed by atoms with Gasteiger partial charge in [0.1, 0.15) is 5.75 Å². The second-order valence-corrected chi connectivity index (χ2v) is 6.25. The number of fused-ring (bicyclic) bond motifs is 1. The third kappa shape index (κ3) is 3.67. The van der Waals surface area contributed by atoms with E-state index in [9.17, 15) is 0 Å². The standard InChI is InChI=1S/C20H28N2O/c1-3-22-13-7-9-17(22)14-21-15-19-18-10-6-5-8-16(18)11-12-20(19)23-4-2/h5-6,8,10-12,17,21H,3-4,7,9,13-15H2,1-2H3. The van der Waals surface area contributed by atoms with E-state index in [1.54, 1.807) is 0 Å². The van der Waals surface area contributed by atoms with Crippen LogP contribution in [0.2, 0.25) is 0 Å². The molecule has 1 heterocycles. The molecule has 3 rings (SSSR count). The average Bonchev–Trinajstić information content (AvgIpc) is 3.04. The van der Waals surface area contributed by atoms with E-state index in [1.807, 2.05) is 6.92 Å². The highest BCUT2D eigenvalue weighted by Gasteiger charge is 2.22. The van der Waals surface area contributed by atoms with Crippen molar-refractivity contribution in [3.05, 3.63) is 42.0 Å². The summed E-state index contributed by atoms with van der Waals surface area (Å²) in [7, 11) is 0. The number of ether oxygens (including phenoxy) is 1. The fourth-order valence-electron chi connectivity index (χ4n) is 3.70. The summed E-state index contributed by atoms with van der Waals surface area (Å²) in [5, 5.41) is 6.25. The third-order valence-electron chi connectivity index (χ3n) is 4.88. The van der Waals surface area contributed by atoms with Crippen molar-refractivity contribution >= 4 is 10.8 Å². The molecule has 1 unspecified atom stereocenters. The number of hydrogen-bond acceptors (Lipinski definition) is 3. The fourth-order valence-corrected chi connectivity index (χ4v) is 3.70. The highest BCUT2D eigenvalue weighted by molar-refractivity contribution is 5.87. The van der Waals surface area contributed by atoms with E-state index in [2.05, 4.69) is 53.5 Å². The lowest BCUT2D eigenvalue weighted by Crippen LogP contribution is -2.37. The smallest absolute Gasteiger partial charge is 0.124 e. The molecule has 0 aliphatic carbocycles. The lowest BCUT2D eigenvalue weighted by molar-refractivity contribution is 0.259. The SMILES string of the molecule is CCOc1ccc2ccccc2c1CNCC1CCCN1CC. The van der Waals surface area contributed by atoms with Gasteiger partial charge in [0.2, 0.25) is 0 Å². The van der Waals surface area contributed by atoms with Gasteiger partial charge >= 0.3 is 0 Å². The zero-order valence-corrected chi connectivity index (χ0v) is 14.3. The molecule has 23 heavy (non-hydrogen) atoms. The molecule has 2 aromatic rings. The van der Waals surface area contributed by atoms with Gasteiger partial charge in [0.05, 0.1) is 6.61 Å². The minimum Gasteiger partial charge on any atom is -0.494 e. The van der Waals surface area contributed by atoms with E-state index in [0.29, 0.717) is 12.6 Å². The van der Waals surface area contributed by atoms with E-state index in [0.717, 1.165) is 25.4 Å². The molecule has 0 spiro atoms. The van der Waals surface area contributed by atoms with Gasteiger partial charge in [0, 0.05) is 24.7 Å². The first-order valence-corrected chi connectivity index (χ1v) is 8.91. The maximum absolute atomic E-state index is 5.86. The summed E-state index contributed by atoms with van der Waals surface area (Å²) >= 11 is 0. The quantitative estimate of drug-likeness (QED) is 0.841. The largest absolute Gasteiger partial charge is 0.494 e. The van der Waals surface area contributed by atoms with Crippen molar-refractivity contribution in [3.63, 3.8) is 0 Å². The number of benzene rings is 2. The van der Waals surface area contributed by atoms with Gasteiger partial charge in [-0.15, -0.1) is 0 Å². The number of nitrogens with one attached hydrogen (secondary N) is 1. The van der Waals surface area contributed by atoms with Gasteiger partial charge in [-0.05, 0) is 49.7 Å². The minimum atomic E-state index is 0.686. The molecular weight excluding hydrogens is 284 g/mol. The number of nitrogens with zero attached hydrogens (tertiary/aromatic N) is 1. The normalized spacial score (nSPS) is 18.6. The van der Waals surface area contributed by atoms with Gasteiger partial charge < -0.3 is 10.1 Å². The Kier molecular flexibility index (Phi) is 5.52. The van der Waals surface area contributed by atoms with E-state index < -0.39 is 0 Å². The van der Waals surface area contributed by atoms with Crippen molar-refractivity contribution in [3.8, 4) is 5.75 Å². The zero-order chi connectivity index (χ0) is 16.1. The molecule has 2 aromatic carbocycles. The van der Waals surface area contributed by atoms with Crippen molar-refractivity contribution in [2.24, 2.45) is 0 Å². The predicted molar refractivity (Wildman–Crippen MR) is 97.1 cm³/mol. The molecule has 124 valence electrons. The molecule has 3 nitrogen and oxygen atoms in total. The van der Waals surface area contributed by atoms with Crippen LogP contribution in [0.5, 0.6) is 5.75 Å². The van der Waals surface area contributed by atoms with E-state index in [-0.39, 0.29) is 0 Å². The number of hydrogen-bond donors (Lipinski definition) is 1.